The van der Waals surface area contributed by atoms with E-state index in [0.717, 1.165) is 5.56 Å². The molecule has 0 unspecified atom stereocenters. The maximum absolute atomic E-state index is 11.6. The van der Waals surface area contributed by atoms with Crippen LogP contribution in [0.5, 0.6) is 5.75 Å². The van der Waals surface area contributed by atoms with Gasteiger partial charge in [0.1, 0.15) is 11.8 Å². The van der Waals surface area contributed by atoms with E-state index in [1.54, 1.807) is 26.2 Å². The van der Waals surface area contributed by atoms with Gasteiger partial charge in [0, 0.05) is 6.08 Å². The number of amides is 1. The second kappa shape index (κ2) is 7.20. The summed E-state index contributed by atoms with van der Waals surface area (Å²) in [6.45, 7) is 1.56. The van der Waals surface area contributed by atoms with Crippen LogP contribution in [0.3, 0.4) is 0 Å². The number of hydrogen-bond acceptors (Lipinski definition) is 4. The van der Waals surface area contributed by atoms with E-state index in [4.69, 9.17) is 4.74 Å². The Balaban J connectivity index is 2.60. The Morgan fingerprint density at radius 1 is 1.32 bits per heavy atom. The normalized spacial score (nSPS) is 11.9. The van der Waals surface area contributed by atoms with Crippen molar-refractivity contribution in [1.29, 1.82) is 0 Å². The van der Waals surface area contributed by atoms with Gasteiger partial charge in [-0.15, -0.1) is 0 Å². The summed E-state index contributed by atoms with van der Waals surface area (Å²) in [6.07, 6.45) is 3.00. The number of carbonyl (C=O) groups is 2. The number of ether oxygens (including phenoxy) is 2. The lowest BCUT2D eigenvalue weighted by molar-refractivity contribution is -0.144. The molecule has 19 heavy (non-hydrogen) atoms. The van der Waals surface area contributed by atoms with Crippen molar-refractivity contribution in [3.8, 4) is 5.75 Å². The summed E-state index contributed by atoms with van der Waals surface area (Å²) in [5.74, 6) is -0.130. The second-order valence-corrected chi connectivity index (χ2v) is 3.86. The highest BCUT2D eigenvalue weighted by Crippen LogP contribution is 2.13. The zero-order valence-electron chi connectivity index (χ0n) is 11.2. The van der Waals surface area contributed by atoms with E-state index in [2.05, 4.69) is 10.1 Å². The Bertz CT molecular complexity index is 482. The first-order valence-corrected chi connectivity index (χ1v) is 5.77. The highest BCUT2D eigenvalue weighted by molar-refractivity contribution is 5.94. The van der Waals surface area contributed by atoms with Gasteiger partial charge in [0.15, 0.2) is 0 Å². The molecule has 1 aromatic rings. The average Bonchev–Trinajstić information content (AvgIpc) is 2.44. The molecule has 5 nitrogen and oxygen atoms in total. The Morgan fingerprint density at radius 3 is 2.68 bits per heavy atom. The van der Waals surface area contributed by atoms with Crippen molar-refractivity contribution in [2.75, 3.05) is 14.2 Å². The molecule has 5 heteroatoms. The van der Waals surface area contributed by atoms with Crippen LogP contribution in [-0.4, -0.2) is 32.1 Å². The van der Waals surface area contributed by atoms with Crippen LogP contribution >= 0.6 is 0 Å². The number of nitrogens with one attached hydrogen (secondary N) is 1. The molecule has 1 atom stereocenters. The summed E-state index contributed by atoms with van der Waals surface area (Å²) in [7, 11) is 2.85. The van der Waals surface area contributed by atoms with Crippen LogP contribution in [0.25, 0.3) is 6.08 Å². The Labute approximate surface area is 112 Å². The molecular weight excluding hydrogens is 246 g/mol. The van der Waals surface area contributed by atoms with Gasteiger partial charge in [-0.25, -0.2) is 4.79 Å². The van der Waals surface area contributed by atoms with Crippen molar-refractivity contribution in [1.82, 2.24) is 5.32 Å². The molecule has 0 heterocycles. The first-order chi connectivity index (χ1) is 9.06. The fourth-order valence-electron chi connectivity index (χ4n) is 1.41. The van der Waals surface area contributed by atoms with Gasteiger partial charge in [-0.3, -0.25) is 4.79 Å². The number of esters is 1. The van der Waals surface area contributed by atoms with Gasteiger partial charge in [0.2, 0.25) is 5.91 Å². The molecule has 0 aliphatic rings. The smallest absolute Gasteiger partial charge is 0.328 e. The summed E-state index contributed by atoms with van der Waals surface area (Å²) in [5.41, 5.74) is 0.834. The molecule has 0 aliphatic carbocycles. The third-order valence-corrected chi connectivity index (χ3v) is 2.43. The largest absolute Gasteiger partial charge is 0.497 e. The zero-order valence-corrected chi connectivity index (χ0v) is 11.2. The number of rotatable bonds is 5. The molecule has 102 valence electrons. The monoisotopic (exact) mass is 263 g/mol. The van der Waals surface area contributed by atoms with Crippen molar-refractivity contribution in [2.24, 2.45) is 0 Å². The molecule has 1 rings (SSSR count). The van der Waals surface area contributed by atoms with Crippen LogP contribution in [0.15, 0.2) is 30.3 Å². The molecule has 0 fully saturated rings. The van der Waals surface area contributed by atoms with E-state index < -0.39 is 12.0 Å². The topological polar surface area (TPSA) is 64.6 Å². The van der Waals surface area contributed by atoms with Crippen LogP contribution in [0.1, 0.15) is 12.5 Å². The van der Waals surface area contributed by atoms with Crippen molar-refractivity contribution >= 4 is 18.0 Å². The number of methoxy groups -OCH3 is 2. The Kier molecular flexibility index (Phi) is 5.60. The summed E-state index contributed by atoms with van der Waals surface area (Å²) in [6, 6.07) is 6.61. The third kappa shape index (κ3) is 4.83. The van der Waals surface area contributed by atoms with Crippen LogP contribution in [0, 0.1) is 0 Å². The number of hydrogen-bond donors (Lipinski definition) is 1. The molecular formula is C14H17NO4. The van der Waals surface area contributed by atoms with E-state index in [0.29, 0.717) is 5.75 Å². The fraction of sp³-hybridized carbons (Fsp3) is 0.286. The van der Waals surface area contributed by atoms with E-state index in [9.17, 15) is 9.59 Å². The standard InChI is InChI=1S/C14H17NO4/c1-10(14(17)19-3)15-13(16)8-7-11-5-4-6-12(9-11)18-2/h4-10H,1-3H3,(H,15,16)/b8-7+/t10-/m0/s1. The van der Waals surface area contributed by atoms with E-state index in [-0.39, 0.29) is 5.91 Å². The zero-order chi connectivity index (χ0) is 14.3. The Hall–Kier alpha value is -2.30. The van der Waals surface area contributed by atoms with Gasteiger partial charge in [0.05, 0.1) is 14.2 Å². The van der Waals surface area contributed by atoms with Crippen molar-refractivity contribution in [3.63, 3.8) is 0 Å². The van der Waals surface area contributed by atoms with E-state index in [1.807, 2.05) is 18.2 Å². The van der Waals surface area contributed by atoms with Gasteiger partial charge in [0.25, 0.3) is 0 Å². The number of benzene rings is 1. The first kappa shape index (κ1) is 14.8. The van der Waals surface area contributed by atoms with E-state index in [1.165, 1.54) is 13.2 Å². The minimum atomic E-state index is -0.674. The van der Waals surface area contributed by atoms with Crippen LogP contribution in [0.2, 0.25) is 0 Å². The molecule has 1 N–H and O–H groups in total. The van der Waals surface area contributed by atoms with Crippen molar-refractivity contribution < 1.29 is 19.1 Å². The van der Waals surface area contributed by atoms with Gasteiger partial charge in [-0.2, -0.15) is 0 Å². The molecule has 1 aromatic carbocycles. The van der Waals surface area contributed by atoms with Gasteiger partial charge < -0.3 is 14.8 Å². The summed E-state index contributed by atoms with van der Waals surface area (Å²) in [5, 5.41) is 2.50. The van der Waals surface area contributed by atoms with Gasteiger partial charge in [-0.05, 0) is 30.7 Å². The maximum atomic E-state index is 11.6. The summed E-state index contributed by atoms with van der Waals surface area (Å²) < 4.78 is 9.59. The lowest BCUT2D eigenvalue weighted by atomic mass is 10.2. The van der Waals surface area contributed by atoms with Gasteiger partial charge in [-0.1, -0.05) is 12.1 Å². The highest BCUT2D eigenvalue weighted by atomic mass is 16.5. The van der Waals surface area contributed by atoms with Gasteiger partial charge >= 0.3 is 5.97 Å². The Morgan fingerprint density at radius 2 is 2.05 bits per heavy atom. The molecule has 0 aliphatic heterocycles. The first-order valence-electron chi connectivity index (χ1n) is 5.77. The maximum Gasteiger partial charge on any atom is 0.328 e. The molecule has 1 amide bonds. The fourth-order valence-corrected chi connectivity index (χ4v) is 1.41. The summed E-state index contributed by atoms with van der Waals surface area (Å²) >= 11 is 0. The average molecular weight is 263 g/mol. The molecule has 0 spiro atoms. The highest BCUT2D eigenvalue weighted by Gasteiger charge is 2.13. The minimum Gasteiger partial charge on any atom is -0.497 e. The van der Waals surface area contributed by atoms with Crippen LogP contribution in [0.4, 0.5) is 0 Å². The van der Waals surface area contributed by atoms with Crippen LogP contribution in [-0.2, 0) is 14.3 Å². The predicted molar refractivity (Wildman–Crippen MR) is 71.6 cm³/mol. The molecule has 0 saturated heterocycles. The molecule has 0 radical (unpaired) electrons. The van der Waals surface area contributed by atoms with Crippen molar-refractivity contribution in [2.45, 2.75) is 13.0 Å². The third-order valence-electron chi connectivity index (χ3n) is 2.43. The number of carbonyl (C=O) groups excluding carboxylic acids is 2. The lowest BCUT2D eigenvalue weighted by Crippen LogP contribution is -2.38. The quantitative estimate of drug-likeness (QED) is 0.644. The van der Waals surface area contributed by atoms with Crippen LogP contribution < -0.4 is 10.1 Å². The van der Waals surface area contributed by atoms with E-state index >= 15 is 0 Å². The predicted octanol–water partition coefficient (Wildman–Crippen LogP) is 1.39. The second-order valence-electron chi connectivity index (χ2n) is 3.86. The molecule has 0 bridgehead atoms. The SMILES string of the molecule is COC(=O)[C@H](C)NC(=O)/C=C/c1cccc(OC)c1. The van der Waals surface area contributed by atoms with Crippen molar-refractivity contribution in [3.05, 3.63) is 35.9 Å². The summed E-state index contributed by atoms with van der Waals surface area (Å²) in [4.78, 5) is 22.7. The lowest BCUT2D eigenvalue weighted by Gasteiger charge is -2.09. The minimum absolute atomic E-state index is 0.360. The molecule has 0 aromatic heterocycles. The molecule has 0 saturated carbocycles.